The zero-order valence-corrected chi connectivity index (χ0v) is 13.0. The number of piperidine rings is 1. The van der Waals surface area contributed by atoms with Gasteiger partial charge in [-0.1, -0.05) is 12.1 Å². The summed E-state index contributed by atoms with van der Waals surface area (Å²) < 4.78 is 1.25. The smallest absolute Gasteiger partial charge is 0.240 e. The van der Waals surface area contributed by atoms with Gasteiger partial charge in [-0.05, 0) is 31.9 Å². The Labute approximate surface area is 127 Å². The van der Waals surface area contributed by atoms with Gasteiger partial charge in [0, 0.05) is 19.0 Å². The Hall–Kier alpha value is -1.13. The van der Waals surface area contributed by atoms with Crippen LogP contribution < -0.4 is 0 Å². The van der Waals surface area contributed by atoms with Gasteiger partial charge in [0.2, 0.25) is 5.91 Å². The van der Waals surface area contributed by atoms with E-state index in [1.165, 1.54) is 9.71 Å². The first-order chi connectivity index (χ1) is 9.65. The van der Waals surface area contributed by atoms with Crippen LogP contribution in [0.3, 0.4) is 0 Å². The Balaban J connectivity index is 1.70. The molecule has 1 aliphatic rings. The predicted molar refractivity (Wildman–Crippen MR) is 83.5 cm³/mol. The predicted octanol–water partition coefficient (Wildman–Crippen LogP) is 3.63. The van der Waals surface area contributed by atoms with E-state index in [2.05, 4.69) is 12.1 Å². The first-order valence-corrected chi connectivity index (χ1v) is 8.19. The van der Waals surface area contributed by atoms with Crippen LogP contribution in [0.2, 0.25) is 0 Å². The van der Waals surface area contributed by atoms with Crippen molar-refractivity contribution < 1.29 is 4.79 Å². The maximum atomic E-state index is 11.9. The molecule has 1 aromatic heterocycles. The van der Waals surface area contributed by atoms with E-state index in [0.717, 1.165) is 31.4 Å². The number of hydrogen-bond donors (Lipinski definition) is 0. The number of nitrogens with zero attached hydrogens (tertiary/aromatic N) is 2. The number of hydrogen-bond acceptors (Lipinski definition) is 3. The topological polar surface area (TPSA) is 33.2 Å². The molecule has 3 nitrogen and oxygen atoms in total. The number of alkyl halides is 1. The highest BCUT2D eigenvalue weighted by Gasteiger charge is 2.27. The summed E-state index contributed by atoms with van der Waals surface area (Å²) in [7, 11) is 0. The molecule has 0 bridgehead atoms. The third-order valence-electron chi connectivity index (χ3n) is 3.81. The zero-order chi connectivity index (χ0) is 14.1. The van der Waals surface area contributed by atoms with E-state index < -0.39 is 5.38 Å². The summed E-state index contributed by atoms with van der Waals surface area (Å²) in [4.78, 5) is 18.5. The van der Waals surface area contributed by atoms with Crippen LogP contribution in [0, 0.1) is 0 Å². The minimum absolute atomic E-state index is 0.0504. The highest BCUT2D eigenvalue weighted by molar-refractivity contribution is 7.18. The van der Waals surface area contributed by atoms with Gasteiger partial charge in [0.25, 0.3) is 0 Å². The fourth-order valence-corrected chi connectivity index (χ4v) is 3.94. The van der Waals surface area contributed by atoms with E-state index in [9.17, 15) is 4.79 Å². The summed E-state index contributed by atoms with van der Waals surface area (Å²) in [6.07, 6.45) is 1.96. The van der Waals surface area contributed by atoms with Gasteiger partial charge in [0.15, 0.2) is 0 Å². The van der Waals surface area contributed by atoms with E-state index in [1.54, 1.807) is 18.3 Å². The lowest BCUT2D eigenvalue weighted by atomic mass is 9.97. The molecule has 1 aromatic carbocycles. The van der Waals surface area contributed by atoms with Gasteiger partial charge >= 0.3 is 0 Å². The average Bonchev–Trinajstić information content (AvgIpc) is 2.90. The molecule has 1 fully saturated rings. The Morgan fingerprint density at radius 2 is 2.10 bits per heavy atom. The number of carbonyl (C=O) groups is 1. The van der Waals surface area contributed by atoms with Crippen LogP contribution in [-0.2, 0) is 4.79 Å². The number of likely N-dealkylation sites (tertiary alicyclic amines) is 1. The van der Waals surface area contributed by atoms with Gasteiger partial charge < -0.3 is 4.90 Å². The molecule has 1 aliphatic heterocycles. The van der Waals surface area contributed by atoms with Gasteiger partial charge in [-0.2, -0.15) is 0 Å². The standard InChI is InChI=1S/C15H17ClN2OS/c1-10(16)15(19)18-8-6-11(7-9-18)14-17-12-4-2-3-5-13(12)20-14/h2-5,10-11H,6-9H2,1H3. The number of carbonyl (C=O) groups excluding carboxylic acids is 1. The molecule has 106 valence electrons. The van der Waals surface area contributed by atoms with E-state index in [4.69, 9.17) is 16.6 Å². The first kappa shape index (κ1) is 13.8. The molecular formula is C15H17ClN2OS. The van der Waals surface area contributed by atoms with Crippen LogP contribution >= 0.6 is 22.9 Å². The average molecular weight is 309 g/mol. The first-order valence-electron chi connectivity index (χ1n) is 6.93. The highest BCUT2D eigenvalue weighted by Crippen LogP contribution is 2.33. The van der Waals surface area contributed by atoms with Gasteiger partial charge in [-0.15, -0.1) is 22.9 Å². The largest absolute Gasteiger partial charge is 0.341 e. The van der Waals surface area contributed by atoms with Crippen molar-refractivity contribution in [1.82, 2.24) is 9.88 Å². The summed E-state index contributed by atoms with van der Waals surface area (Å²) >= 11 is 7.65. The number of aromatic nitrogens is 1. The summed E-state index contributed by atoms with van der Waals surface area (Å²) in [5.41, 5.74) is 1.08. The quantitative estimate of drug-likeness (QED) is 0.794. The SMILES string of the molecule is CC(Cl)C(=O)N1CCC(c2nc3ccccc3s2)CC1. The molecule has 0 radical (unpaired) electrons. The van der Waals surface area contributed by atoms with E-state index in [1.807, 2.05) is 17.0 Å². The Bertz CT molecular complexity index is 584. The lowest BCUT2D eigenvalue weighted by Gasteiger charge is -2.31. The third kappa shape index (κ3) is 2.67. The van der Waals surface area contributed by atoms with Gasteiger partial charge in [0.05, 0.1) is 15.2 Å². The summed E-state index contributed by atoms with van der Waals surface area (Å²) in [6.45, 7) is 3.32. The van der Waals surface area contributed by atoms with E-state index in [-0.39, 0.29) is 5.91 Å². The molecular weight excluding hydrogens is 292 g/mol. The van der Waals surface area contributed by atoms with Crippen molar-refractivity contribution in [2.75, 3.05) is 13.1 Å². The minimum Gasteiger partial charge on any atom is -0.341 e. The van der Waals surface area contributed by atoms with Crippen LogP contribution in [0.1, 0.15) is 30.7 Å². The summed E-state index contributed by atoms with van der Waals surface area (Å²) in [5.74, 6) is 0.525. The maximum Gasteiger partial charge on any atom is 0.240 e. The Kier molecular flexibility index (Phi) is 3.94. The maximum absolute atomic E-state index is 11.9. The number of benzene rings is 1. The number of thiazole rings is 1. The van der Waals surface area contributed by atoms with Crippen LogP contribution in [-0.4, -0.2) is 34.3 Å². The second-order valence-corrected chi connectivity index (χ2v) is 6.95. The van der Waals surface area contributed by atoms with Crippen LogP contribution in [0.25, 0.3) is 10.2 Å². The monoisotopic (exact) mass is 308 g/mol. The van der Waals surface area contributed by atoms with Crippen LogP contribution in [0.5, 0.6) is 0 Å². The molecule has 2 aromatic rings. The van der Waals surface area contributed by atoms with Crippen molar-refractivity contribution in [3.05, 3.63) is 29.3 Å². The van der Waals surface area contributed by atoms with Gasteiger partial charge in [0.1, 0.15) is 5.38 Å². The lowest BCUT2D eigenvalue weighted by Crippen LogP contribution is -2.41. The van der Waals surface area contributed by atoms with Crippen LogP contribution in [0.15, 0.2) is 24.3 Å². The molecule has 0 aliphatic carbocycles. The van der Waals surface area contributed by atoms with Crippen molar-refractivity contribution in [2.24, 2.45) is 0 Å². The van der Waals surface area contributed by atoms with Crippen molar-refractivity contribution in [3.8, 4) is 0 Å². The number of rotatable bonds is 2. The van der Waals surface area contributed by atoms with Gasteiger partial charge in [-0.25, -0.2) is 4.98 Å². The van der Waals surface area contributed by atoms with Crippen molar-refractivity contribution in [2.45, 2.75) is 31.1 Å². The molecule has 3 rings (SSSR count). The minimum atomic E-state index is -0.422. The third-order valence-corrected chi connectivity index (χ3v) is 5.19. The fraction of sp³-hybridized carbons (Fsp3) is 0.467. The number of amides is 1. The highest BCUT2D eigenvalue weighted by atomic mass is 35.5. The normalized spacial score (nSPS) is 18.4. The molecule has 1 saturated heterocycles. The van der Waals surface area contributed by atoms with Crippen molar-refractivity contribution in [1.29, 1.82) is 0 Å². The Morgan fingerprint density at radius 3 is 2.75 bits per heavy atom. The molecule has 0 N–H and O–H groups in total. The van der Waals surface area contributed by atoms with E-state index >= 15 is 0 Å². The zero-order valence-electron chi connectivity index (χ0n) is 11.4. The van der Waals surface area contributed by atoms with Crippen molar-refractivity contribution >= 4 is 39.1 Å². The molecule has 5 heteroatoms. The number of halogens is 1. The summed E-state index contributed by atoms with van der Waals surface area (Å²) in [5, 5.41) is 0.784. The lowest BCUT2D eigenvalue weighted by molar-refractivity contribution is -0.131. The summed E-state index contributed by atoms with van der Waals surface area (Å²) in [6, 6.07) is 8.25. The van der Waals surface area contributed by atoms with Crippen LogP contribution in [0.4, 0.5) is 0 Å². The van der Waals surface area contributed by atoms with Gasteiger partial charge in [-0.3, -0.25) is 4.79 Å². The Morgan fingerprint density at radius 1 is 1.40 bits per heavy atom. The molecule has 1 amide bonds. The fourth-order valence-electron chi connectivity index (χ4n) is 2.66. The molecule has 1 atom stereocenters. The van der Waals surface area contributed by atoms with Crippen molar-refractivity contribution in [3.63, 3.8) is 0 Å². The second-order valence-electron chi connectivity index (χ2n) is 5.24. The molecule has 20 heavy (non-hydrogen) atoms. The molecule has 2 heterocycles. The number of para-hydroxylation sites is 1. The molecule has 0 saturated carbocycles. The van der Waals surface area contributed by atoms with E-state index in [0.29, 0.717) is 5.92 Å². The molecule has 0 spiro atoms. The number of fused-ring (bicyclic) bond motifs is 1. The second kappa shape index (κ2) is 5.70. The molecule has 1 unspecified atom stereocenters.